The highest BCUT2D eigenvalue weighted by Gasteiger charge is 2.45. The third-order valence-corrected chi connectivity index (χ3v) is 9.58. The van der Waals surface area contributed by atoms with Crippen LogP contribution >= 0.6 is 0 Å². The van der Waals surface area contributed by atoms with E-state index in [4.69, 9.17) is 0 Å². The molecular weight excluding hydrogens is 543 g/mol. The maximum Gasteiger partial charge on any atom is 0.416 e. The lowest BCUT2D eigenvalue weighted by Crippen LogP contribution is -2.49. The van der Waals surface area contributed by atoms with E-state index in [0.29, 0.717) is 25.0 Å². The molecule has 37 heavy (non-hydrogen) atoms. The van der Waals surface area contributed by atoms with E-state index in [0.717, 1.165) is 28.8 Å². The molecule has 1 aliphatic heterocycles. The molecule has 2 aliphatic rings. The summed E-state index contributed by atoms with van der Waals surface area (Å²) < 4.78 is 120. The van der Waals surface area contributed by atoms with E-state index in [9.17, 15) is 43.6 Å². The Hall–Kier alpha value is -2.58. The molecule has 7 nitrogen and oxygen atoms in total. The zero-order valence-corrected chi connectivity index (χ0v) is 21.1. The highest BCUT2D eigenvalue weighted by Crippen LogP contribution is 2.39. The van der Waals surface area contributed by atoms with Gasteiger partial charge in [-0.15, -0.1) is 0 Å². The lowest BCUT2D eigenvalue weighted by molar-refractivity contribution is -0.137. The van der Waals surface area contributed by atoms with Crippen LogP contribution in [0.4, 0.5) is 22.0 Å². The zero-order chi connectivity index (χ0) is 27.3. The third-order valence-electron chi connectivity index (χ3n) is 6.40. The molecule has 2 aromatic carbocycles. The molecule has 14 heteroatoms. The predicted molar refractivity (Wildman–Crippen MR) is 122 cm³/mol. The van der Waals surface area contributed by atoms with Crippen molar-refractivity contribution in [3.05, 3.63) is 59.2 Å². The molecule has 2 fully saturated rings. The molecule has 1 aliphatic carbocycles. The Kier molecular flexibility index (Phi) is 7.14. The average Bonchev–Trinajstić information content (AvgIpc) is 3.62. The van der Waals surface area contributed by atoms with Gasteiger partial charge in [0.05, 0.1) is 16.0 Å². The molecular formula is C23H23F5N2O5S2. The van der Waals surface area contributed by atoms with Gasteiger partial charge in [0.1, 0.15) is 16.5 Å². The second-order valence-electron chi connectivity index (χ2n) is 9.15. The van der Waals surface area contributed by atoms with Crippen molar-refractivity contribution in [2.45, 2.75) is 53.7 Å². The number of alkyl halides is 3. The Morgan fingerprint density at radius 3 is 2.03 bits per heavy atom. The molecule has 202 valence electrons. The van der Waals surface area contributed by atoms with E-state index in [1.54, 1.807) is 0 Å². The number of rotatable bonds is 6. The Bertz CT molecular complexity index is 1430. The van der Waals surface area contributed by atoms with E-state index in [1.807, 2.05) is 0 Å². The first-order valence-corrected chi connectivity index (χ1v) is 14.6. The summed E-state index contributed by atoms with van der Waals surface area (Å²) in [7, 11) is -8.49. The topological polar surface area (TPSA) is 91.8 Å². The second kappa shape index (κ2) is 9.62. The SMILES string of the molecule is CS(=O)(=O)c1ccc(F)cc1C(=O)N1CCC(N(C2CC2)S(=O)(=O)c2cc(C(F)(F)F)ccc2F)CC1. The monoisotopic (exact) mass is 566 g/mol. The maximum atomic E-state index is 14.5. The van der Waals surface area contributed by atoms with Crippen molar-refractivity contribution < 1.29 is 43.6 Å². The van der Waals surface area contributed by atoms with Crippen molar-refractivity contribution in [1.82, 2.24) is 9.21 Å². The van der Waals surface area contributed by atoms with Gasteiger partial charge in [-0.25, -0.2) is 25.6 Å². The summed E-state index contributed by atoms with van der Waals surface area (Å²) in [5, 5.41) is 0. The van der Waals surface area contributed by atoms with Gasteiger partial charge >= 0.3 is 6.18 Å². The highest BCUT2D eigenvalue weighted by molar-refractivity contribution is 7.90. The summed E-state index contributed by atoms with van der Waals surface area (Å²) in [6.45, 7) is -0.0416. The number of piperidine rings is 1. The summed E-state index contributed by atoms with van der Waals surface area (Å²) in [6, 6.07) is 2.73. The lowest BCUT2D eigenvalue weighted by Gasteiger charge is -2.38. The Labute approximate surface area is 210 Å². The molecule has 1 amide bonds. The molecule has 0 spiro atoms. The van der Waals surface area contributed by atoms with Crippen molar-refractivity contribution in [2.75, 3.05) is 19.3 Å². The number of benzene rings is 2. The van der Waals surface area contributed by atoms with Gasteiger partial charge < -0.3 is 4.90 Å². The van der Waals surface area contributed by atoms with Gasteiger partial charge in [0.2, 0.25) is 10.0 Å². The molecule has 1 saturated carbocycles. The van der Waals surface area contributed by atoms with Crippen molar-refractivity contribution in [2.24, 2.45) is 0 Å². The number of halogens is 5. The summed E-state index contributed by atoms with van der Waals surface area (Å²) >= 11 is 0. The summed E-state index contributed by atoms with van der Waals surface area (Å²) in [4.78, 5) is 12.9. The number of sulfonamides is 1. The minimum atomic E-state index is -4.87. The molecule has 2 aromatic rings. The lowest BCUT2D eigenvalue weighted by atomic mass is 10.0. The van der Waals surface area contributed by atoms with Gasteiger partial charge in [0.15, 0.2) is 9.84 Å². The number of amides is 1. The van der Waals surface area contributed by atoms with Crippen molar-refractivity contribution >= 4 is 25.8 Å². The second-order valence-corrected chi connectivity index (χ2v) is 12.9. The first-order chi connectivity index (χ1) is 17.1. The zero-order valence-electron chi connectivity index (χ0n) is 19.5. The average molecular weight is 567 g/mol. The van der Waals surface area contributed by atoms with E-state index in [-0.39, 0.29) is 42.5 Å². The Morgan fingerprint density at radius 2 is 1.49 bits per heavy atom. The molecule has 0 unspecified atom stereocenters. The molecule has 0 N–H and O–H groups in total. The molecule has 0 radical (unpaired) electrons. The fourth-order valence-corrected chi connectivity index (χ4v) is 7.38. The highest BCUT2D eigenvalue weighted by atomic mass is 32.2. The summed E-state index contributed by atoms with van der Waals surface area (Å²) in [5.41, 5.74) is -1.64. The number of likely N-dealkylation sites (tertiary alicyclic amines) is 1. The molecule has 0 aromatic heterocycles. The normalized spacial score (nSPS) is 17.9. The predicted octanol–water partition coefficient (Wildman–Crippen LogP) is 3.85. The number of carbonyl (C=O) groups is 1. The summed E-state index contributed by atoms with van der Waals surface area (Å²) in [6.07, 6.45) is -2.92. The van der Waals surface area contributed by atoms with Crippen LogP contribution in [-0.4, -0.2) is 63.4 Å². The van der Waals surface area contributed by atoms with Crippen LogP contribution in [0.25, 0.3) is 0 Å². The van der Waals surface area contributed by atoms with Crippen LogP contribution in [0.2, 0.25) is 0 Å². The quantitative estimate of drug-likeness (QED) is 0.392. The molecule has 1 saturated heterocycles. The maximum absolute atomic E-state index is 14.5. The first kappa shape index (κ1) is 27.5. The molecule has 0 atom stereocenters. The van der Waals surface area contributed by atoms with Crippen LogP contribution in [0.1, 0.15) is 41.6 Å². The fourth-order valence-electron chi connectivity index (χ4n) is 4.50. The third kappa shape index (κ3) is 5.65. The van der Waals surface area contributed by atoms with Gasteiger partial charge in [-0.3, -0.25) is 4.79 Å². The summed E-state index contributed by atoms with van der Waals surface area (Å²) in [5.74, 6) is -2.85. The van der Waals surface area contributed by atoms with Crippen LogP contribution < -0.4 is 0 Å². The smallest absolute Gasteiger partial charge is 0.338 e. The van der Waals surface area contributed by atoms with Crippen LogP contribution in [-0.2, 0) is 26.0 Å². The van der Waals surface area contributed by atoms with E-state index in [2.05, 4.69) is 0 Å². The number of carbonyl (C=O) groups excluding carboxylic acids is 1. The number of sulfone groups is 1. The first-order valence-electron chi connectivity index (χ1n) is 11.3. The van der Waals surface area contributed by atoms with E-state index < -0.39 is 66.1 Å². The van der Waals surface area contributed by atoms with Gasteiger partial charge in [0, 0.05) is 31.4 Å². The molecule has 4 rings (SSSR count). The van der Waals surface area contributed by atoms with Crippen molar-refractivity contribution in [3.63, 3.8) is 0 Å². The van der Waals surface area contributed by atoms with Crippen LogP contribution in [0.15, 0.2) is 46.2 Å². The van der Waals surface area contributed by atoms with E-state index >= 15 is 0 Å². The number of hydrogen-bond acceptors (Lipinski definition) is 5. The van der Waals surface area contributed by atoms with E-state index in [1.165, 1.54) is 4.90 Å². The van der Waals surface area contributed by atoms with Gasteiger partial charge in [-0.1, -0.05) is 0 Å². The molecule has 1 heterocycles. The van der Waals surface area contributed by atoms with Crippen LogP contribution in [0.5, 0.6) is 0 Å². The fraction of sp³-hybridized carbons (Fsp3) is 0.435. The van der Waals surface area contributed by atoms with Gasteiger partial charge in [0.25, 0.3) is 5.91 Å². The standard InChI is InChI=1S/C23H23F5N2O5S2/c1-36(32,33)20-7-3-15(24)13-18(20)22(31)29-10-8-17(9-11-29)30(16-4-5-16)37(34,35)21-12-14(23(26,27)28)2-6-19(21)25/h2-3,6-7,12-13,16-17H,4-5,8-11H2,1H3. The van der Waals surface area contributed by atoms with Gasteiger partial charge in [-0.05, 0) is 62.1 Å². The van der Waals surface area contributed by atoms with Crippen molar-refractivity contribution in [1.29, 1.82) is 0 Å². The van der Waals surface area contributed by atoms with Crippen molar-refractivity contribution in [3.8, 4) is 0 Å². The van der Waals surface area contributed by atoms with Crippen LogP contribution in [0, 0.1) is 11.6 Å². The molecule has 0 bridgehead atoms. The Morgan fingerprint density at radius 1 is 0.892 bits per heavy atom. The minimum absolute atomic E-state index is 0.0208. The minimum Gasteiger partial charge on any atom is -0.338 e. The number of nitrogens with zero attached hydrogens (tertiary/aromatic N) is 2. The van der Waals surface area contributed by atoms with Crippen LogP contribution in [0.3, 0.4) is 0 Å². The van der Waals surface area contributed by atoms with Gasteiger partial charge in [-0.2, -0.15) is 17.5 Å². The number of hydrogen-bond donors (Lipinski definition) is 0. The largest absolute Gasteiger partial charge is 0.416 e. The Balaban J connectivity index is 1.58.